The highest BCUT2D eigenvalue weighted by Gasteiger charge is 2.21. The molecule has 1 aromatic heterocycles. The Balaban J connectivity index is 2.04. The molecule has 2 rings (SSSR count). The summed E-state index contributed by atoms with van der Waals surface area (Å²) in [5.41, 5.74) is 2.13. The van der Waals surface area contributed by atoms with Crippen LogP contribution in [0.3, 0.4) is 0 Å². The SMILES string of the molecule is CC(CNc1nc(NN)ncc1[N+](=O)[O-])N1CCCC1. The minimum atomic E-state index is -0.511. The number of nitrogens with two attached hydrogens (primary N) is 1. The third kappa shape index (κ3) is 3.31. The summed E-state index contributed by atoms with van der Waals surface area (Å²) in [5, 5.41) is 14.0. The molecule has 110 valence electrons. The van der Waals surface area contributed by atoms with Crippen LogP contribution in [0.4, 0.5) is 17.5 Å². The average Bonchev–Trinajstić information content (AvgIpc) is 2.98. The van der Waals surface area contributed by atoms with E-state index in [0.717, 1.165) is 19.3 Å². The van der Waals surface area contributed by atoms with E-state index in [1.54, 1.807) is 0 Å². The number of anilines is 2. The highest BCUT2D eigenvalue weighted by atomic mass is 16.6. The summed E-state index contributed by atoms with van der Waals surface area (Å²) in [5.74, 6) is 5.55. The second kappa shape index (κ2) is 6.44. The molecular formula is C11H19N7O2. The van der Waals surface area contributed by atoms with E-state index in [1.807, 2.05) is 0 Å². The Morgan fingerprint density at radius 2 is 2.25 bits per heavy atom. The molecule has 0 radical (unpaired) electrons. The number of rotatable bonds is 6. The quantitative estimate of drug-likeness (QED) is 0.393. The maximum absolute atomic E-state index is 10.9. The van der Waals surface area contributed by atoms with Gasteiger partial charge in [0.15, 0.2) is 0 Å². The summed E-state index contributed by atoms with van der Waals surface area (Å²) >= 11 is 0. The molecule has 1 unspecified atom stereocenters. The van der Waals surface area contributed by atoms with Crippen molar-refractivity contribution in [2.75, 3.05) is 30.4 Å². The zero-order chi connectivity index (χ0) is 14.5. The fourth-order valence-corrected chi connectivity index (χ4v) is 2.26. The van der Waals surface area contributed by atoms with Crippen LogP contribution in [-0.4, -0.2) is 45.5 Å². The maximum atomic E-state index is 10.9. The normalized spacial score (nSPS) is 16.9. The topological polar surface area (TPSA) is 122 Å². The van der Waals surface area contributed by atoms with E-state index >= 15 is 0 Å². The number of hydrogen-bond acceptors (Lipinski definition) is 8. The van der Waals surface area contributed by atoms with Crippen LogP contribution in [0.15, 0.2) is 6.20 Å². The van der Waals surface area contributed by atoms with Crippen molar-refractivity contribution in [3.8, 4) is 0 Å². The first-order valence-corrected chi connectivity index (χ1v) is 6.57. The molecule has 0 bridgehead atoms. The van der Waals surface area contributed by atoms with E-state index in [4.69, 9.17) is 5.84 Å². The van der Waals surface area contributed by atoms with Gasteiger partial charge in [0, 0.05) is 12.6 Å². The molecule has 0 saturated carbocycles. The average molecular weight is 281 g/mol. The third-order valence-corrected chi connectivity index (χ3v) is 3.42. The molecule has 1 aliphatic heterocycles. The largest absolute Gasteiger partial charge is 0.363 e. The standard InChI is InChI=1S/C11H19N7O2/c1-8(17-4-2-3-5-17)6-13-10-9(18(19)20)7-14-11(15-10)16-12/h7-8H,2-6,12H2,1H3,(H2,13,14,15,16). The van der Waals surface area contributed by atoms with Crippen LogP contribution in [-0.2, 0) is 0 Å². The van der Waals surface area contributed by atoms with Gasteiger partial charge >= 0.3 is 5.69 Å². The first-order chi connectivity index (χ1) is 9.61. The molecule has 1 aliphatic rings. The molecule has 1 fully saturated rings. The van der Waals surface area contributed by atoms with Crippen molar-refractivity contribution in [3.63, 3.8) is 0 Å². The number of hydrazine groups is 1. The lowest BCUT2D eigenvalue weighted by Crippen LogP contribution is -2.35. The Kier molecular flexibility index (Phi) is 4.64. The summed E-state index contributed by atoms with van der Waals surface area (Å²) < 4.78 is 0. The van der Waals surface area contributed by atoms with E-state index in [-0.39, 0.29) is 17.5 Å². The van der Waals surface area contributed by atoms with Crippen molar-refractivity contribution in [1.82, 2.24) is 14.9 Å². The van der Waals surface area contributed by atoms with Crippen LogP contribution in [0, 0.1) is 10.1 Å². The highest BCUT2D eigenvalue weighted by molar-refractivity contribution is 5.56. The van der Waals surface area contributed by atoms with Crippen LogP contribution in [0.5, 0.6) is 0 Å². The Hall–Kier alpha value is -2.00. The lowest BCUT2D eigenvalue weighted by molar-refractivity contribution is -0.384. The summed E-state index contributed by atoms with van der Waals surface area (Å²) in [4.78, 5) is 20.5. The number of nitrogen functional groups attached to an aromatic ring is 1. The molecule has 0 spiro atoms. The number of aromatic nitrogens is 2. The van der Waals surface area contributed by atoms with Gasteiger partial charge in [0.1, 0.15) is 6.20 Å². The van der Waals surface area contributed by atoms with Gasteiger partial charge in [-0.2, -0.15) is 4.98 Å². The lowest BCUT2D eigenvalue weighted by atomic mass is 10.3. The van der Waals surface area contributed by atoms with E-state index in [1.165, 1.54) is 12.8 Å². The molecule has 9 nitrogen and oxygen atoms in total. The number of hydrogen-bond donors (Lipinski definition) is 3. The van der Waals surface area contributed by atoms with Gasteiger partial charge in [-0.25, -0.2) is 10.8 Å². The van der Waals surface area contributed by atoms with E-state index < -0.39 is 4.92 Å². The second-order valence-corrected chi connectivity index (χ2v) is 4.80. The molecule has 4 N–H and O–H groups in total. The predicted molar refractivity (Wildman–Crippen MR) is 75.3 cm³/mol. The maximum Gasteiger partial charge on any atom is 0.329 e. The van der Waals surface area contributed by atoms with E-state index in [0.29, 0.717) is 12.6 Å². The van der Waals surface area contributed by atoms with Crippen LogP contribution in [0.1, 0.15) is 19.8 Å². The monoisotopic (exact) mass is 281 g/mol. The summed E-state index contributed by atoms with van der Waals surface area (Å²) in [6.07, 6.45) is 3.56. The Bertz CT molecular complexity index is 476. The molecule has 2 heterocycles. The Labute approximate surface area is 116 Å². The van der Waals surface area contributed by atoms with E-state index in [9.17, 15) is 10.1 Å². The molecule has 0 aliphatic carbocycles. The molecule has 9 heteroatoms. The van der Waals surface area contributed by atoms with Gasteiger partial charge in [0.25, 0.3) is 0 Å². The van der Waals surface area contributed by atoms with Crippen molar-refractivity contribution in [1.29, 1.82) is 0 Å². The molecule has 1 saturated heterocycles. The Morgan fingerprint density at radius 3 is 2.85 bits per heavy atom. The number of nitro groups is 1. The van der Waals surface area contributed by atoms with Gasteiger partial charge in [-0.15, -0.1) is 0 Å². The van der Waals surface area contributed by atoms with Crippen molar-refractivity contribution >= 4 is 17.5 Å². The molecule has 1 aromatic rings. The first kappa shape index (κ1) is 14.4. The first-order valence-electron chi connectivity index (χ1n) is 6.57. The van der Waals surface area contributed by atoms with Crippen LogP contribution >= 0.6 is 0 Å². The number of nitrogens with zero attached hydrogens (tertiary/aromatic N) is 4. The third-order valence-electron chi connectivity index (χ3n) is 3.42. The zero-order valence-electron chi connectivity index (χ0n) is 11.4. The van der Waals surface area contributed by atoms with Crippen molar-refractivity contribution in [2.45, 2.75) is 25.8 Å². The summed E-state index contributed by atoms with van der Waals surface area (Å²) in [7, 11) is 0. The number of likely N-dealkylation sites (tertiary alicyclic amines) is 1. The second-order valence-electron chi connectivity index (χ2n) is 4.80. The lowest BCUT2D eigenvalue weighted by Gasteiger charge is -2.23. The molecule has 0 aromatic carbocycles. The van der Waals surface area contributed by atoms with Crippen molar-refractivity contribution in [2.24, 2.45) is 5.84 Å². The van der Waals surface area contributed by atoms with Crippen molar-refractivity contribution in [3.05, 3.63) is 16.3 Å². The minimum Gasteiger partial charge on any atom is -0.363 e. The van der Waals surface area contributed by atoms with Gasteiger partial charge in [-0.05, 0) is 32.9 Å². The van der Waals surface area contributed by atoms with Gasteiger partial charge in [0.05, 0.1) is 4.92 Å². The van der Waals surface area contributed by atoms with Crippen molar-refractivity contribution < 1.29 is 4.92 Å². The zero-order valence-corrected chi connectivity index (χ0v) is 11.4. The van der Waals surface area contributed by atoms with Crippen LogP contribution in [0.2, 0.25) is 0 Å². The number of nitrogens with one attached hydrogen (secondary N) is 2. The fourth-order valence-electron chi connectivity index (χ4n) is 2.26. The van der Waals surface area contributed by atoms with Crippen LogP contribution in [0.25, 0.3) is 0 Å². The highest BCUT2D eigenvalue weighted by Crippen LogP contribution is 2.22. The van der Waals surface area contributed by atoms with Gasteiger partial charge < -0.3 is 5.32 Å². The minimum absolute atomic E-state index is 0.145. The smallest absolute Gasteiger partial charge is 0.329 e. The molecule has 0 amide bonds. The van der Waals surface area contributed by atoms with Crippen LogP contribution < -0.4 is 16.6 Å². The summed E-state index contributed by atoms with van der Waals surface area (Å²) in [6, 6.07) is 0.293. The van der Waals surface area contributed by atoms with Gasteiger partial charge in [-0.1, -0.05) is 0 Å². The molecular weight excluding hydrogens is 262 g/mol. The molecule has 20 heavy (non-hydrogen) atoms. The van der Waals surface area contributed by atoms with Gasteiger partial charge in [-0.3, -0.25) is 20.4 Å². The van der Waals surface area contributed by atoms with E-state index in [2.05, 4.69) is 32.5 Å². The fraction of sp³-hybridized carbons (Fsp3) is 0.636. The predicted octanol–water partition coefficient (Wildman–Crippen LogP) is 0.567. The summed E-state index contributed by atoms with van der Waals surface area (Å²) in [6.45, 7) is 4.82. The molecule has 1 atom stereocenters. The Morgan fingerprint density at radius 1 is 1.55 bits per heavy atom. The van der Waals surface area contributed by atoms with Gasteiger partial charge in [0.2, 0.25) is 11.8 Å².